The first kappa shape index (κ1) is 71.1. The number of ether oxygens (including phenoxy) is 3. The lowest BCUT2D eigenvalue weighted by molar-refractivity contribution is 0.00578. The van der Waals surface area contributed by atoms with Gasteiger partial charge in [0.2, 0.25) is 0 Å². The van der Waals surface area contributed by atoms with Gasteiger partial charge in [0.1, 0.15) is 22.4 Å². The molecule has 15 rings (SSSR count). The van der Waals surface area contributed by atoms with Crippen LogP contribution in [0.1, 0.15) is 69.1 Å². The summed E-state index contributed by atoms with van der Waals surface area (Å²) in [6.07, 6.45) is 12.4. The molecule has 25 nitrogen and oxygen atoms in total. The number of hydrogen-bond acceptors (Lipinski definition) is 20. The van der Waals surface area contributed by atoms with Gasteiger partial charge in [-0.3, -0.25) is 9.97 Å². The van der Waals surface area contributed by atoms with Crippen molar-refractivity contribution < 1.29 is 28.3 Å². The summed E-state index contributed by atoms with van der Waals surface area (Å²) in [4.78, 5) is 41.1. The molecule has 0 radical (unpaired) electrons. The van der Waals surface area contributed by atoms with E-state index in [9.17, 15) is 4.79 Å². The molecule has 4 aliphatic heterocycles. The quantitative estimate of drug-likeness (QED) is 0.0698. The molecule has 508 valence electrons. The summed E-state index contributed by atoms with van der Waals surface area (Å²) < 4.78 is 34.1. The number of nitrogens with one attached hydrogen (secondary N) is 2. The van der Waals surface area contributed by atoms with Crippen molar-refractivity contribution in [3.8, 4) is 22.8 Å². The zero-order valence-corrected chi connectivity index (χ0v) is 54.9. The molecule has 3 atom stereocenters. The number of aromatic nitrogens is 11. The first-order chi connectivity index (χ1) is 45.9. The van der Waals surface area contributed by atoms with Gasteiger partial charge in [-0.1, -0.05) is 27.0 Å². The van der Waals surface area contributed by atoms with Crippen LogP contribution >= 0.6 is 0 Å². The zero-order valence-electron chi connectivity index (χ0n) is 54.9. The maximum atomic E-state index is 12.2. The molecule has 4 fully saturated rings. The number of carbonyl (C=O) groups is 1. The Labute approximate surface area is 567 Å². The third kappa shape index (κ3) is 17.4. The largest absolute Gasteiger partial charge is 0.494 e. The molecule has 2 amide bonds. The van der Waals surface area contributed by atoms with Gasteiger partial charge in [0, 0.05) is 85.0 Å². The molecule has 11 aromatic rings. The fraction of sp³-hybridized carbons (Fsp3) is 0.338. The highest BCUT2D eigenvalue weighted by atomic mass is 16.7. The van der Waals surface area contributed by atoms with Crippen molar-refractivity contribution in [3.05, 3.63) is 183 Å². The lowest BCUT2D eigenvalue weighted by Crippen LogP contribution is -2.44. The number of pyridine rings is 2. The van der Waals surface area contributed by atoms with E-state index >= 15 is 0 Å². The zero-order chi connectivity index (χ0) is 66.6. The lowest BCUT2D eigenvalue weighted by atomic mass is 9.79. The molecule has 4 saturated heterocycles. The summed E-state index contributed by atoms with van der Waals surface area (Å²) in [5.74, 6) is 4.97. The second kappa shape index (κ2) is 32.0. The molecule has 26 heteroatoms. The van der Waals surface area contributed by atoms with Crippen LogP contribution in [0.25, 0.3) is 39.3 Å². The molecule has 4 aliphatic rings. The number of rotatable bonds is 8. The van der Waals surface area contributed by atoms with E-state index in [1.165, 1.54) is 0 Å². The van der Waals surface area contributed by atoms with E-state index < -0.39 is 0 Å². The van der Waals surface area contributed by atoms with Crippen molar-refractivity contribution in [3.63, 3.8) is 0 Å². The maximum absolute atomic E-state index is 12.2. The minimum atomic E-state index is -0.334. The number of benzene rings is 3. The standard InChI is InChI=1S/C23H23N7O2.C17H19N5O.C12H18BNO2.C12H16N4O.C5H6N2.2CH4/c1-16-15-32-13-12-29(16)22-20-5-3-11-30(20)28-21(27-22)17-6-8-18(9-7-17)25-23(31)26-19-4-2-10-24-14-19;1-12-11-23-10-9-21(12)17-15-3-2-8-22(15)20-16(19-17)13-4-6-14(18)7-5-13;1-11(2)12(3,4)16-13(15-11)9-5-7-10(14)8-6-9;1-9-8-17-7-6-15(9)12-11-4-3-5-16(11)14-10(2)13-12;6-5-2-1-3-7-4-5;;/h2-11,14,16H,12-13,15H2,1H3,(H2,25,26,31);2-8,12H,9-11,18H2,1H3;5-8H,14H2,1-4H3;3-5,9H,6-8H2,1-2H3;1-4H,6H2;2*1H4/t16-;12-;;9-;;;/m11.1.../s1. The number of amides is 2. The van der Waals surface area contributed by atoms with Crippen molar-refractivity contribution in [1.82, 2.24) is 53.8 Å². The van der Waals surface area contributed by atoms with Crippen LogP contribution in [0.2, 0.25) is 0 Å². The van der Waals surface area contributed by atoms with Gasteiger partial charge in [0.05, 0.1) is 86.5 Å². The van der Waals surface area contributed by atoms with E-state index in [1.807, 2.05) is 170 Å². The third-order valence-electron chi connectivity index (χ3n) is 16.8. The molecule has 3 aromatic carbocycles. The molecule has 97 heavy (non-hydrogen) atoms. The Morgan fingerprint density at radius 2 is 0.907 bits per heavy atom. The highest BCUT2D eigenvalue weighted by Crippen LogP contribution is 2.37. The van der Waals surface area contributed by atoms with Crippen LogP contribution in [0.4, 0.5) is 50.7 Å². The number of morpholine rings is 3. The minimum Gasteiger partial charge on any atom is -0.399 e. The molecule has 8 aromatic heterocycles. The average molecular weight is 1320 g/mol. The number of urea groups is 1. The van der Waals surface area contributed by atoms with E-state index in [2.05, 4.69) is 82.4 Å². The van der Waals surface area contributed by atoms with E-state index in [-0.39, 0.29) is 51.3 Å². The van der Waals surface area contributed by atoms with E-state index in [0.29, 0.717) is 54.6 Å². The molecular weight excluding hydrogens is 1230 g/mol. The molecule has 8 N–H and O–H groups in total. The van der Waals surface area contributed by atoms with Crippen molar-refractivity contribution in [2.24, 2.45) is 0 Å². The third-order valence-corrected chi connectivity index (χ3v) is 16.8. The number of hydrogen-bond donors (Lipinski definition) is 5. The van der Waals surface area contributed by atoms with Crippen LogP contribution in [0.15, 0.2) is 177 Å². The second-order valence-electron chi connectivity index (χ2n) is 24.4. The predicted octanol–water partition coefficient (Wildman–Crippen LogP) is 10.6. The van der Waals surface area contributed by atoms with Gasteiger partial charge in [0.25, 0.3) is 0 Å². The molecule has 12 heterocycles. The topological polar surface area (TPSA) is 291 Å². The van der Waals surface area contributed by atoms with Crippen LogP contribution in [-0.2, 0) is 23.5 Å². The molecule has 0 spiro atoms. The summed E-state index contributed by atoms with van der Waals surface area (Å²) in [6, 6.07) is 42.5. The Bertz CT molecular complexity index is 4280. The first-order valence-corrected chi connectivity index (χ1v) is 31.7. The highest BCUT2D eigenvalue weighted by Gasteiger charge is 2.51. The summed E-state index contributed by atoms with van der Waals surface area (Å²) in [5, 5.41) is 19.2. The van der Waals surface area contributed by atoms with Crippen LogP contribution in [0.5, 0.6) is 0 Å². The monoisotopic (exact) mass is 1320 g/mol. The number of fused-ring (bicyclic) bond motifs is 3. The van der Waals surface area contributed by atoms with Gasteiger partial charge in [-0.25, -0.2) is 33.3 Å². The number of anilines is 8. The van der Waals surface area contributed by atoms with Crippen LogP contribution in [0.3, 0.4) is 0 Å². The normalized spacial score (nSPS) is 17.7. The summed E-state index contributed by atoms with van der Waals surface area (Å²) in [5.41, 5.74) is 25.5. The Hall–Kier alpha value is -10.2. The van der Waals surface area contributed by atoms with E-state index in [0.717, 1.165) is 107 Å². The fourth-order valence-electron chi connectivity index (χ4n) is 10.9. The van der Waals surface area contributed by atoms with Gasteiger partial charge in [0.15, 0.2) is 29.1 Å². The van der Waals surface area contributed by atoms with Gasteiger partial charge >= 0.3 is 13.1 Å². The minimum absolute atomic E-state index is 0. The fourth-order valence-corrected chi connectivity index (χ4v) is 10.9. The van der Waals surface area contributed by atoms with Crippen molar-refractivity contribution >= 4 is 81.1 Å². The molecular formula is C71H90BN19O6. The smallest absolute Gasteiger partial charge is 0.399 e. The first-order valence-electron chi connectivity index (χ1n) is 31.7. The van der Waals surface area contributed by atoms with Crippen LogP contribution in [-0.4, -0.2) is 156 Å². The Kier molecular flexibility index (Phi) is 23.4. The summed E-state index contributed by atoms with van der Waals surface area (Å²) in [7, 11) is -0.300. The van der Waals surface area contributed by atoms with Crippen molar-refractivity contribution in [2.45, 2.75) is 99.6 Å². The van der Waals surface area contributed by atoms with Gasteiger partial charge in [-0.05, 0) is 182 Å². The SMILES string of the molecule is C.C.CC1(C)OB(c2ccc(N)cc2)OC1(C)C.C[C@@H]1COCCN1c1nc(-c2ccc(N)cc2)nn2cccc12.C[C@@H]1COCCN1c1nc(-c2ccc(NC(=O)Nc3cccnc3)cc2)nn2cccc12.Cc1nc(N2CCOC[C@H]2C)c2cccn2n1.Nc1cccnc1. The van der Waals surface area contributed by atoms with Crippen LogP contribution < -0.4 is 48.0 Å². The average Bonchev–Trinajstić information content (AvgIpc) is 1.74. The Morgan fingerprint density at radius 3 is 1.32 bits per heavy atom. The molecule has 0 saturated carbocycles. The maximum Gasteiger partial charge on any atom is 0.494 e. The number of aryl methyl sites for hydroxylation is 1. The second-order valence-corrected chi connectivity index (χ2v) is 24.4. The molecule has 0 bridgehead atoms. The van der Waals surface area contributed by atoms with Crippen LogP contribution in [0, 0.1) is 6.92 Å². The Balaban J connectivity index is 0.000000150. The van der Waals surface area contributed by atoms with Gasteiger partial charge in [-0.2, -0.15) is 5.10 Å². The number of nitrogens with zero attached hydrogens (tertiary/aromatic N) is 14. The molecule has 0 aliphatic carbocycles. The summed E-state index contributed by atoms with van der Waals surface area (Å²) in [6.45, 7) is 23.4. The van der Waals surface area contributed by atoms with Crippen molar-refractivity contribution in [1.29, 1.82) is 0 Å². The molecule has 0 unspecified atom stereocenters. The van der Waals surface area contributed by atoms with Gasteiger partial charge in [-0.15, -0.1) is 10.2 Å². The Morgan fingerprint density at radius 1 is 0.495 bits per heavy atom. The summed E-state index contributed by atoms with van der Waals surface area (Å²) >= 11 is 0. The number of nitrogens with two attached hydrogens (primary N) is 3. The van der Waals surface area contributed by atoms with E-state index in [4.69, 9.17) is 50.7 Å². The lowest BCUT2D eigenvalue weighted by Gasteiger charge is -2.34. The number of carbonyl (C=O) groups excluding carboxylic acids is 1. The van der Waals surface area contributed by atoms with Crippen molar-refractivity contribution in [2.75, 3.05) is 102 Å². The van der Waals surface area contributed by atoms with Gasteiger partial charge < -0.3 is 66.1 Å². The highest BCUT2D eigenvalue weighted by molar-refractivity contribution is 6.62. The number of nitrogen functional groups attached to an aromatic ring is 3. The predicted molar refractivity (Wildman–Crippen MR) is 387 cm³/mol. The van der Waals surface area contributed by atoms with E-state index in [1.54, 1.807) is 49.1 Å².